The molecule has 1 fully saturated rings. The number of allylic oxidation sites excluding steroid dienone is 2. The molecular weight excluding hydrogens is 324 g/mol. The van der Waals surface area contributed by atoms with E-state index in [4.69, 9.17) is 0 Å². The second-order valence-corrected chi connectivity index (χ2v) is 9.49. The number of hydrogen-bond donors (Lipinski definition) is 0. The fourth-order valence-corrected chi connectivity index (χ4v) is 5.26. The van der Waals surface area contributed by atoms with Crippen molar-refractivity contribution >= 4 is 5.57 Å². The molecule has 1 saturated carbocycles. The number of benzene rings is 1. The van der Waals surface area contributed by atoms with Crippen LogP contribution >= 0.6 is 0 Å². The summed E-state index contributed by atoms with van der Waals surface area (Å²) in [6.45, 7) is 11.9. The van der Waals surface area contributed by atoms with Crippen LogP contribution in [0, 0.1) is 24.2 Å². The van der Waals surface area contributed by atoms with Crippen LogP contribution in [0.3, 0.4) is 0 Å². The van der Waals surface area contributed by atoms with E-state index in [1.165, 1.54) is 81.8 Å². The fraction of sp³-hybridized carbons (Fsp3) is 0.704. The first-order valence-corrected chi connectivity index (χ1v) is 11.8. The largest absolute Gasteiger partial charge is 0.0805 e. The molecule has 0 heteroatoms. The highest BCUT2D eigenvalue weighted by atomic mass is 14.4. The van der Waals surface area contributed by atoms with Crippen LogP contribution in [0.2, 0.25) is 0 Å². The molecule has 0 aliphatic heterocycles. The van der Waals surface area contributed by atoms with E-state index in [-0.39, 0.29) is 0 Å². The summed E-state index contributed by atoms with van der Waals surface area (Å²) in [5.74, 6) is 1.61. The minimum atomic E-state index is 0.636. The van der Waals surface area contributed by atoms with Crippen LogP contribution in [0.1, 0.15) is 109 Å². The zero-order chi connectivity index (χ0) is 19.7. The third-order valence-corrected chi connectivity index (χ3v) is 7.13. The van der Waals surface area contributed by atoms with E-state index >= 15 is 0 Å². The van der Waals surface area contributed by atoms with Gasteiger partial charge in [0.25, 0.3) is 0 Å². The Labute approximate surface area is 169 Å². The lowest BCUT2D eigenvalue weighted by Crippen LogP contribution is -2.24. The molecule has 27 heavy (non-hydrogen) atoms. The van der Waals surface area contributed by atoms with Crippen LogP contribution < -0.4 is 0 Å². The molecule has 1 aliphatic carbocycles. The van der Waals surface area contributed by atoms with Crippen molar-refractivity contribution in [2.75, 3.05) is 0 Å². The molecule has 0 nitrogen and oxygen atoms in total. The Kier molecular flexibility index (Phi) is 9.13. The lowest BCUT2D eigenvalue weighted by Gasteiger charge is -2.34. The molecule has 0 saturated heterocycles. The van der Waals surface area contributed by atoms with Gasteiger partial charge < -0.3 is 0 Å². The molecule has 0 aromatic heterocycles. The quantitative estimate of drug-likeness (QED) is 0.365. The predicted molar refractivity (Wildman–Crippen MR) is 122 cm³/mol. The van der Waals surface area contributed by atoms with Gasteiger partial charge in [0.05, 0.1) is 0 Å². The monoisotopic (exact) mass is 368 g/mol. The normalized spacial score (nSPS) is 19.2. The van der Waals surface area contributed by atoms with Crippen LogP contribution in [0.15, 0.2) is 30.3 Å². The topological polar surface area (TPSA) is 0 Å². The van der Waals surface area contributed by atoms with E-state index in [0.29, 0.717) is 11.3 Å². The van der Waals surface area contributed by atoms with Crippen LogP contribution in [0.25, 0.3) is 5.57 Å². The summed E-state index contributed by atoms with van der Waals surface area (Å²) >= 11 is 0. The molecule has 2 atom stereocenters. The molecule has 0 amide bonds. The minimum Gasteiger partial charge on any atom is -0.0805 e. The highest BCUT2D eigenvalue weighted by Gasteiger charge is 2.35. The molecule has 0 spiro atoms. The lowest BCUT2D eigenvalue weighted by atomic mass is 9.71. The van der Waals surface area contributed by atoms with Crippen molar-refractivity contribution < 1.29 is 0 Å². The summed E-state index contributed by atoms with van der Waals surface area (Å²) in [5.41, 5.74) is 5.01. The molecule has 0 bridgehead atoms. The van der Waals surface area contributed by atoms with Crippen molar-refractivity contribution in [3.05, 3.63) is 41.5 Å². The van der Waals surface area contributed by atoms with Gasteiger partial charge in [-0.3, -0.25) is 0 Å². The Bertz CT molecular complexity index is 556. The van der Waals surface area contributed by atoms with Crippen molar-refractivity contribution in [2.45, 2.75) is 105 Å². The molecular formula is C27H44. The Hall–Kier alpha value is -1.04. The fourth-order valence-electron chi connectivity index (χ4n) is 5.26. The lowest BCUT2D eigenvalue weighted by molar-refractivity contribution is 0.163. The van der Waals surface area contributed by atoms with Gasteiger partial charge in [0, 0.05) is 0 Å². The minimum absolute atomic E-state index is 0.636. The highest BCUT2D eigenvalue weighted by Crippen LogP contribution is 2.47. The van der Waals surface area contributed by atoms with Crippen molar-refractivity contribution in [3.63, 3.8) is 0 Å². The van der Waals surface area contributed by atoms with Crippen molar-refractivity contribution in [1.82, 2.24) is 0 Å². The molecule has 152 valence electrons. The summed E-state index contributed by atoms with van der Waals surface area (Å²) in [6, 6.07) is 9.18. The van der Waals surface area contributed by atoms with E-state index in [0.717, 1.165) is 5.92 Å². The van der Waals surface area contributed by atoms with Crippen molar-refractivity contribution in [1.29, 1.82) is 0 Å². The van der Waals surface area contributed by atoms with Gasteiger partial charge in [-0.25, -0.2) is 0 Å². The molecule has 2 unspecified atom stereocenters. The van der Waals surface area contributed by atoms with Gasteiger partial charge in [0.15, 0.2) is 0 Å². The SMILES string of the molecule is CCCC=C(c1ccc(C)cc1)C(C)CCCC(CCC)C1(C)CCCC1. The summed E-state index contributed by atoms with van der Waals surface area (Å²) in [6.07, 6.45) is 17.7. The molecule has 0 heterocycles. The van der Waals surface area contributed by atoms with Crippen LogP contribution in [0.5, 0.6) is 0 Å². The van der Waals surface area contributed by atoms with Crippen molar-refractivity contribution in [2.24, 2.45) is 17.3 Å². The van der Waals surface area contributed by atoms with Gasteiger partial charge in [-0.05, 0) is 67.4 Å². The van der Waals surface area contributed by atoms with E-state index < -0.39 is 0 Å². The van der Waals surface area contributed by atoms with E-state index in [1.807, 2.05) is 0 Å². The van der Waals surface area contributed by atoms with Gasteiger partial charge in [-0.2, -0.15) is 0 Å². The number of unbranched alkanes of at least 4 members (excludes halogenated alkanes) is 1. The first-order chi connectivity index (χ1) is 13.0. The third kappa shape index (κ3) is 6.51. The highest BCUT2D eigenvalue weighted by molar-refractivity contribution is 5.67. The molecule has 2 rings (SSSR count). The number of rotatable bonds is 11. The zero-order valence-electron chi connectivity index (χ0n) is 18.8. The van der Waals surface area contributed by atoms with Crippen LogP contribution in [-0.4, -0.2) is 0 Å². The number of hydrogen-bond acceptors (Lipinski definition) is 0. The molecule has 0 radical (unpaired) electrons. The summed E-state index contributed by atoms with van der Waals surface area (Å²) in [7, 11) is 0. The number of aryl methyl sites for hydroxylation is 1. The van der Waals surface area contributed by atoms with Crippen LogP contribution in [-0.2, 0) is 0 Å². The Balaban J connectivity index is 1.97. The van der Waals surface area contributed by atoms with Crippen LogP contribution in [0.4, 0.5) is 0 Å². The maximum atomic E-state index is 2.59. The smallest absolute Gasteiger partial charge is 0.0188 e. The van der Waals surface area contributed by atoms with E-state index in [1.54, 1.807) is 5.57 Å². The first-order valence-electron chi connectivity index (χ1n) is 11.8. The van der Waals surface area contributed by atoms with Gasteiger partial charge >= 0.3 is 0 Å². The van der Waals surface area contributed by atoms with Gasteiger partial charge in [0.1, 0.15) is 0 Å². The summed E-state index contributed by atoms with van der Waals surface area (Å²) in [5, 5.41) is 0. The Morgan fingerprint density at radius 3 is 2.26 bits per heavy atom. The van der Waals surface area contributed by atoms with Crippen molar-refractivity contribution in [3.8, 4) is 0 Å². The maximum absolute atomic E-state index is 2.59. The Morgan fingerprint density at radius 1 is 1.00 bits per heavy atom. The second kappa shape index (κ2) is 11.1. The molecule has 0 N–H and O–H groups in total. The third-order valence-electron chi connectivity index (χ3n) is 7.13. The summed E-state index contributed by atoms with van der Waals surface area (Å²) in [4.78, 5) is 0. The first kappa shape index (κ1) is 22.3. The van der Waals surface area contributed by atoms with E-state index in [9.17, 15) is 0 Å². The molecule has 1 aromatic carbocycles. The maximum Gasteiger partial charge on any atom is -0.0188 e. The average Bonchev–Trinajstić information content (AvgIpc) is 3.10. The second-order valence-electron chi connectivity index (χ2n) is 9.49. The Morgan fingerprint density at radius 2 is 1.67 bits per heavy atom. The standard InChI is InChI=1S/C27H44/c1-6-8-15-26(24-18-16-22(3)17-19-24)23(4)13-11-14-25(12-7-2)27(5)20-9-10-21-27/h15-19,23,25H,6-14,20-21H2,1-5H3. The molecule has 1 aromatic rings. The zero-order valence-corrected chi connectivity index (χ0v) is 18.8. The van der Waals surface area contributed by atoms with Gasteiger partial charge in [-0.15, -0.1) is 0 Å². The molecule has 1 aliphatic rings. The predicted octanol–water partition coefficient (Wildman–Crippen LogP) is 8.98. The summed E-state index contributed by atoms with van der Waals surface area (Å²) < 4.78 is 0. The van der Waals surface area contributed by atoms with Gasteiger partial charge in [0.2, 0.25) is 0 Å². The van der Waals surface area contributed by atoms with E-state index in [2.05, 4.69) is 65.0 Å². The van der Waals surface area contributed by atoms with Gasteiger partial charge in [-0.1, -0.05) is 102 Å². The average molecular weight is 369 g/mol.